The van der Waals surface area contributed by atoms with Gasteiger partial charge >= 0.3 is 11.8 Å². The molecule has 0 saturated heterocycles. The zero-order valence-electron chi connectivity index (χ0n) is 19.8. The Bertz CT molecular complexity index is 563. The van der Waals surface area contributed by atoms with Crippen molar-refractivity contribution in [3.05, 3.63) is 0 Å². The van der Waals surface area contributed by atoms with Gasteiger partial charge in [-0.3, -0.25) is 0 Å². The van der Waals surface area contributed by atoms with Crippen LogP contribution in [0.15, 0.2) is 0 Å². The van der Waals surface area contributed by atoms with Crippen LogP contribution in [0, 0.1) is 35.5 Å². The first-order valence-corrected chi connectivity index (χ1v) is 13.1. The van der Waals surface area contributed by atoms with Crippen LogP contribution in [0.2, 0.25) is 0 Å². The number of alkyl halides is 6. The second-order valence-corrected chi connectivity index (χ2v) is 11.2. The van der Waals surface area contributed by atoms with E-state index in [4.69, 9.17) is 0 Å². The fourth-order valence-electron chi connectivity index (χ4n) is 6.78. The topological polar surface area (TPSA) is 0 Å². The van der Waals surface area contributed by atoms with Crippen LogP contribution >= 0.6 is 0 Å². The third kappa shape index (κ3) is 5.45. The molecule has 3 aliphatic carbocycles. The second-order valence-electron chi connectivity index (χ2n) is 11.2. The summed E-state index contributed by atoms with van der Waals surface area (Å²) >= 11 is 0. The highest BCUT2D eigenvalue weighted by molar-refractivity contribution is 5.02. The lowest BCUT2D eigenvalue weighted by molar-refractivity contribution is -0.281. The number of hydrogen-bond acceptors (Lipinski definition) is 0. The van der Waals surface area contributed by atoms with E-state index in [-0.39, 0.29) is 25.7 Å². The van der Waals surface area contributed by atoms with E-state index in [0.29, 0.717) is 24.7 Å². The summed E-state index contributed by atoms with van der Waals surface area (Å²) in [4.78, 5) is 0. The van der Waals surface area contributed by atoms with E-state index in [1.54, 1.807) is 0 Å². The van der Waals surface area contributed by atoms with Gasteiger partial charge in [0.25, 0.3) is 0 Å². The van der Waals surface area contributed by atoms with Crippen LogP contribution in [-0.4, -0.2) is 24.2 Å². The normalized spacial score (nSPS) is 39.8. The van der Waals surface area contributed by atoms with Crippen molar-refractivity contribution in [2.24, 2.45) is 35.5 Å². The Morgan fingerprint density at radius 3 is 1.78 bits per heavy atom. The molecule has 3 fully saturated rings. The van der Waals surface area contributed by atoms with Gasteiger partial charge < -0.3 is 0 Å². The van der Waals surface area contributed by atoms with Gasteiger partial charge in [0.1, 0.15) is 12.3 Å². The van der Waals surface area contributed by atoms with Crippen LogP contribution in [0.4, 0.5) is 26.3 Å². The standard InChI is InChI=1S/C26H42F6/c1-3-4-5-6-18-8-10-19(11-9-18)20-12-14-21(15-13-20)25(29,30)26(31,32)22-16-7-17(2)23(27)24(22)28/h17-24H,3-16H2,1-2H3. The molecule has 3 saturated carbocycles. The number of unbranched alkanes of at least 4 members (excludes halogenated alkanes) is 2. The molecule has 0 aromatic heterocycles. The summed E-state index contributed by atoms with van der Waals surface area (Å²) in [6, 6.07) is 0. The van der Waals surface area contributed by atoms with E-state index in [1.807, 2.05) is 0 Å². The second kappa shape index (κ2) is 10.9. The SMILES string of the molecule is CCCCCC1CCC(C2CCC(C(F)(F)C(F)(F)C3CCC(C)C(F)C3F)CC2)CC1. The molecule has 6 heteroatoms. The molecule has 188 valence electrons. The van der Waals surface area contributed by atoms with Gasteiger partial charge in [-0.25, -0.2) is 8.78 Å². The van der Waals surface area contributed by atoms with Gasteiger partial charge in [0.15, 0.2) is 0 Å². The molecule has 3 rings (SSSR count). The van der Waals surface area contributed by atoms with Crippen LogP contribution < -0.4 is 0 Å². The van der Waals surface area contributed by atoms with Crippen molar-refractivity contribution in [3.63, 3.8) is 0 Å². The average Bonchev–Trinajstić information content (AvgIpc) is 2.78. The first-order valence-electron chi connectivity index (χ1n) is 13.1. The van der Waals surface area contributed by atoms with Crippen molar-refractivity contribution < 1.29 is 26.3 Å². The summed E-state index contributed by atoms with van der Waals surface area (Å²) < 4.78 is 88.1. The zero-order chi connectivity index (χ0) is 23.5. The molecule has 0 amide bonds. The molecule has 0 N–H and O–H groups in total. The highest BCUT2D eigenvalue weighted by Crippen LogP contribution is 2.55. The summed E-state index contributed by atoms with van der Waals surface area (Å²) in [6.45, 7) is 3.65. The number of hydrogen-bond donors (Lipinski definition) is 0. The van der Waals surface area contributed by atoms with Crippen LogP contribution in [0.3, 0.4) is 0 Å². The lowest BCUT2D eigenvalue weighted by atomic mass is 9.66. The molecular formula is C26H42F6. The molecule has 3 aliphatic rings. The first kappa shape index (κ1) is 26.2. The third-order valence-corrected chi connectivity index (χ3v) is 9.13. The van der Waals surface area contributed by atoms with E-state index < -0.39 is 41.9 Å². The van der Waals surface area contributed by atoms with Gasteiger partial charge in [-0.05, 0) is 75.0 Å². The molecule has 4 unspecified atom stereocenters. The molecule has 0 aliphatic heterocycles. The summed E-state index contributed by atoms with van der Waals surface area (Å²) in [5.74, 6) is -11.5. The molecule has 0 spiro atoms. The van der Waals surface area contributed by atoms with Crippen LogP contribution in [0.25, 0.3) is 0 Å². The summed E-state index contributed by atoms with van der Waals surface area (Å²) in [5.41, 5.74) is 0. The summed E-state index contributed by atoms with van der Waals surface area (Å²) in [5, 5.41) is 0. The fraction of sp³-hybridized carbons (Fsp3) is 1.00. The maximum Gasteiger partial charge on any atom is 0.316 e. The monoisotopic (exact) mass is 468 g/mol. The van der Waals surface area contributed by atoms with Crippen molar-refractivity contribution in [3.8, 4) is 0 Å². The zero-order valence-corrected chi connectivity index (χ0v) is 19.8. The van der Waals surface area contributed by atoms with Crippen molar-refractivity contribution in [2.75, 3.05) is 0 Å². The van der Waals surface area contributed by atoms with Crippen molar-refractivity contribution in [2.45, 2.75) is 128 Å². The Hall–Kier alpha value is -0.420. The third-order valence-electron chi connectivity index (χ3n) is 9.13. The minimum absolute atomic E-state index is 0.0196. The Morgan fingerprint density at radius 1 is 0.656 bits per heavy atom. The lowest BCUT2D eigenvalue weighted by Crippen LogP contribution is -2.57. The Labute approximate surface area is 190 Å². The average molecular weight is 469 g/mol. The van der Waals surface area contributed by atoms with E-state index in [0.717, 1.165) is 18.8 Å². The predicted molar refractivity (Wildman–Crippen MR) is 117 cm³/mol. The quantitative estimate of drug-likeness (QED) is 0.246. The minimum Gasteiger partial charge on any atom is -0.244 e. The largest absolute Gasteiger partial charge is 0.316 e. The van der Waals surface area contributed by atoms with Crippen LogP contribution in [0.1, 0.15) is 104 Å². The molecule has 0 heterocycles. The highest BCUT2D eigenvalue weighted by atomic mass is 19.3. The molecule has 32 heavy (non-hydrogen) atoms. The van der Waals surface area contributed by atoms with Gasteiger partial charge in [-0.2, -0.15) is 17.6 Å². The van der Waals surface area contributed by atoms with Crippen LogP contribution in [-0.2, 0) is 0 Å². The Morgan fingerprint density at radius 2 is 1.22 bits per heavy atom. The molecule has 0 bridgehead atoms. The van der Waals surface area contributed by atoms with Gasteiger partial charge in [-0.1, -0.05) is 52.4 Å². The molecule has 4 atom stereocenters. The van der Waals surface area contributed by atoms with Gasteiger partial charge in [0, 0.05) is 5.92 Å². The molecule has 0 radical (unpaired) electrons. The lowest BCUT2D eigenvalue weighted by Gasteiger charge is -2.45. The minimum atomic E-state index is -4.51. The summed E-state index contributed by atoms with van der Waals surface area (Å²) in [7, 11) is 0. The van der Waals surface area contributed by atoms with E-state index in [1.165, 1.54) is 45.4 Å². The van der Waals surface area contributed by atoms with E-state index in [9.17, 15) is 26.3 Å². The van der Waals surface area contributed by atoms with Crippen molar-refractivity contribution in [1.29, 1.82) is 0 Å². The Kier molecular flexibility index (Phi) is 8.91. The van der Waals surface area contributed by atoms with Gasteiger partial charge in [0.05, 0.1) is 5.92 Å². The molecule has 0 aromatic rings. The Balaban J connectivity index is 1.51. The summed E-state index contributed by atoms with van der Waals surface area (Å²) in [6.07, 6.45) is 5.94. The first-order chi connectivity index (χ1) is 15.1. The molecule has 0 nitrogen and oxygen atoms in total. The maximum absolute atomic E-state index is 15.0. The highest BCUT2D eigenvalue weighted by Gasteiger charge is 2.67. The van der Waals surface area contributed by atoms with Gasteiger partial charge in [-0.15, -0.1) is 0 Å². The maximum atomic E-state index is 15.0. The molecule has 0 aromatic carbocycles. The smallest absolute Gasteiger partial charge is 0.244 e. The van der Waals surface area contributed by atoms with Crippen LogP contribution in [0.5, 0.6) is 0 Å². The number of halogens is 6. The van der Waals surface area contributed by atoms with Gasteiger partial charge in [0.2, 0.25) is 0 Å². The van der Waals surface area contributed by atoms with E-state index >= 15 is 0 Å². The number of rotatable bonds is 8. The fourth-order valence-corrected chi connectivity index (χ4v) is 6.78. The van der Waals surface area contributed by atoms with Crippen molar-refractivity contribution >= 4 is 0 Å². The van der Waals surface area contributed by atoms with Crippen molar-refractivity contribution in [1.82, 2.24) is 0 Å². The predicted octanol–water partition coefficient (Wildman–Crippen LogP) is 9.17. The van der Waals surface area contributed by atoms with E-state index in [2.05, 4.69) is 6.92 Å². The molecular weight excluding hydrogens is 426 g/mol.